The summed E-state index contributed by atoms with van der Waals surface area (Å²) in [5.74, 6) is 1.03. The van der Waals surface area contributed by atoms with Crippen LogP contribution in [0.5, 0.6) is 0 Å². The fourth-order valence-corrected chi connectivity index (χ4v) is 1.27. The second-order valence-electron chi connectivity index (χ2n) is 3.27. The third-order valence-corrected chi connectivity index (χ3v) is 1.97. The minimum absolute atomic E-state index is 0.900. The van der Waals surface area contributed by atoms with Crippen LogP contribution in [0.1, 0.15) is 12.2 Å². The average Bonchev–Trinajstić information content (AvgIpc) is 2.57. The van der Waals surface area contributed by atoms with Gasteiger partial charge in [0, 0.05) is 0 Å². The second-order valence-corrected chi connectivity index (χ2v) is 3.27. The smallest absolute Gasteiger partial charge is 0.117 e. The zero-order chi connectivity index (χ0) is 9.52. The largest absolute Gasteiger partial charge is 0.468 e. The summed E-state index contributed by atoms with van der Waals surface area (Å²) in [7, 11) is 4.09. The van der Waals surface area contributed by atoms with E-state index in [1.165, 1.54) is 6.42 Å². The van der Waals surface area contributed by atoms with Crippen LogP contribution in [0.15, 0.2) is 22.8 Å². The lowest BCUT2D eigenvalue weighted by atomic mass is 10.3. The standard InChI is InChI=1S/C10H18N2O/c1-11-6-4-7-12(2)9-10-5-3-8-13-10/h3,5,8,11H,4,6-7,9H2,1-2H3. The zero-order valence-corrected chi connectivity index (χ0v) is 8.42. The summed E-state index contributed by atoms with van der Waals surface area (Å²) in [6.45, 7) is 3.07. The van der Waals surface area contributed by atoms with Gasteiger partial charge in [-0.3, -0.25) is 4.90 Å². The van der Waals surface area contributed by atoms with Gasteiger partial charge in [0.05, 0.1) is 12.8 Å². The van der Waals surface area contributed by atoms with E-state index < -0.39 is 0 Å². The van der Waals surface area contributed by atoms with Crippen molar-refractivity contribution in [1.82, 2.24) is 10.2 Å². The van der Waals surface area contributed by atoms with Gasteiger partial charge in [-0.2, -0.15) is 0 Å². The van der Waals surface area contributed by atoms with Gasteiger partial charge < -0.3 is 9.73 Å². The molecule has 1 aromatic rings. The molecule has 0 aliphatic rings. The minimum Gasteiger partial charge on any atom is -0.468 e. The van der Waals surface area contributed by atoms with E-state index in [-0.39, 0.29) is 0 Å². The summed E-state index contributed by atoms with van der Waals surface area (Å²) in [5, 5.41) is 3.13. The number of nitrogens with one attached hydrogen (secondary N) is 1. The van der Waals surface area contributed by atoms with Gasteiger partial charge in [-0.25, -0.2) is 0 Å². The Morgan fingerprint density at radius 3 is 3.00 bits per heavy atom. The van der Waals surface area contributed by atoms with Crippen molar-refractivity contribution in [2.75, 3.05) is 27.2 Å². The highest BCUT2D eigenvalue weighted by Gasteiger charge is 2.00. The molecule has 0 fully saturated rings. The Hall–Kier alpha value is -0.800. The van der Waals surface area contributed by atoms with Gasteiger partial charge in [-0.15, -0.1) is 0 Å². The predicted octanol–water partition coefficient (Wildman–Crippen LogP) is 1.32. The topological polar surface area (TPSA) is 28.4 Å². The number of hydrogen-bond acceptors (Lipinski definition) is 3. The van der Waals surface area contributed by atoms with Crippen LogP contribution in [0.4, 0.5) is 0 Å². The molecule has 0 saturated heterocycles. The average molecular weight is 182 g/mol. The van der Waals surface area contributed by atoms with Crippen LogP contribution >= 0.6 is 0 Å². The van der Waals surface area contributed by atoms with Crippen LogP contribution in [0.3, 0.4) is 0 Å². The van der Waals surface area contributed by atoms with Gasteiger partial charge in [-0.1, -0.05) is 0 Å². The Labute approximate surface area is 79.7 Å². The first-order valence-electron chi connectivity index (χ1n) is 4.68. The molecule has 0 atom stereocenters. The van der Waals surface area contributed by atoms with Crippen molar-refractivity contribution in [1.29, 1.82) is 0 Å². The Morgan fingerprint density at radius 1 is 1.54 bits per heavy atom. The Balaban J connectivity index is 2.14. The summed E-state index contributed by atoms with van der Waals surface area (Å²) < 4.78 is 5.25. The van der Waals surface area contributed by atoms with Gasteiger partial charge >= 0.3 is 0 Å². The van der Waals surface area contributed by atoms with Crippen molar-refractivity contribution in [2.24, 2.45) is 0 Å². The molecule has 13 heavy (non-hydrogen) atoms. The lowest BCUT2D eigenvalue weighted by Gasteiger charge is -2.14. The molecule has 74 valence electrons. The van der Waals surface area contributed by atoms with Gasteiger partial charge in [0.15, 0.2) is 0 Å². The quantitative estimate of drug-likeness (QED) is 0.673. The summed E-state index contributed by atoms with van der Waals surface area (Å²) in [6.07, 6.45) is 2.89. The molecule has 0 aliphatic heterocycles. The molecular weight excluding hydrogens is 164 g/mol. The highest BCUT2D eigenvalue weighted by Crippen LogP contribution is 2.03. The van der Waals surface area contributed by atoms with Crippen LogP contribution in [0.25, 0.3) is 0 Å². The maximum atomic E-state index is 5.25. The Bertz CT molecular complexity index is 209. The molecule has 1 heterocycles. The van der Waals surface area contributed by atoms with Crippen molar-refractivity contribution >= 4 is 0 Å². The molecule has 1 N–H and O–H groups in total. The fraction of sp³-hybridized carbons (Fsp3) is 0.600. The Morgan fingerprint density at radius 2 is 2.38 bits per heavy atom. The molecule has 3 heteroatoms. The molecule has 0 aromatic carbocycles. The van der Waals surface area contributed by atoms with E-state index >= 15 is 0 Å². The third kappa shape index (κ3) is 4.10. The van der Waals surface area contributed by atoms with Crippen LogP contribution in [0, 0.1) is 0 Å². The molecule has 1 rings (SSSR count). The number of rotatable bonds is 6. The fourth-order valence-electron chi connectivity index (χ4n) is 1.27. The first-order chi connectivity index (χ1) is 6.33. The molecule has 0 amide bonds. The lowest BCUT2D eigenvalue weighted by molar-refractivity contribution is 0.291. The van der Waals surface area contributed by atoms with Gasteiger partial charge in [-0.05, 0) is 45.7 Å². The van der Waals surface area contributed by atoms with E-state index in [1.807, 2.05) is 19.2 Å². The molecule has 0 saturated carbocycles. The van der Waals surface area contributed by atoms with Crippen LogP contribution < -0.4 is 5.32 Å². The van der Waals surface area contributed by atoms with Crippen molar-refractivity contribution in [3.8, 4) is 0 Å². The normalized spacial score (nSPS) is 11.0. The highest BCUT2D eigenvalue weighted by molar-refractivity contribution is 4.97. The predicted molar refractivity (Wildman–Crippen MR) is 53.6 cm³/mol. The lowest BCUT2D eigenvalue weighted by Crippen LogP contribution is -2.22. The summed E-state index contributed by atoms with van der Waals surface area (Å²) in [6, 6.07) is 3.94. The van der Waals surface area contributed by atoms with E-state index in [4.69, 9.17) is 4.42 Å². The van der Waals surface area contributed by atoms with E-state index in [0.717, 1.165) is 25.4 Å². The van der Waals surface area contributed by atoms with Crippen LogP contribution in [-0.2, 0) is 6.54 Å². The first-order valence-corrected chi connectivity index (χ1v) is 4.68. The summed E-state index contributed by atoms with van der Waals surface area (Å²) in [5.41, 5.74) is 0. The van der Waals surface area contributed by atoms with Crippen LogP contribution in [0.2, 0.25) is 0 Å². The molecular formula is C10H18N2O. The monoisotopic (exact) mass is 182 g/mol. The van der Waals surface area contributed by atoms with Crippen LogP contribution in [-0.4, -0.2) is 32.1 Å². The second kappa shape index (κ2) is 5.78. The van der Waals surface area contributed by atoms with Gasteiger partial charge in [0.25, 0.3) is 0 Å². The summed E-state index contributed by atoms with van der Waals surface area (Å²) in [4.78, 5) is 2.26. The minimum atomic E-state index is 0.900. The van der Waals surface area contributed by atoms with E-state index in [9.17, 15) is 0 Å². The molecule has 0 bridgehead atoms. The molecule has 0 unspecified atom stereocenters. The van der Waals surface area contributed by atoms with Gasteiger partial charge in [0.1, 0.15) is 5.76 Å². The van der Waals surface area contributed by atoms with E-state index in [1.54, 1.807) is 6.26 Å². The van der Waals surface area contributed by atoms with E-state index in [0.29, 0.717) is 0 Å². The molecule has 3 nitrogen and oxygen atoms in total. The highest BCUT2D eigenvalue weighted by atomic mass is 16.3. The molecule has 0 spiro atoms. The van der Waals surface area contributed by atoms with Crippen molar-refractivity contribution in [2.45, 2.75) is 13.0 Å². The molecule has 0 aliphatic carbocycles. The number of furan rings is 1. The van der Waals surface area contributed by atoms with Crippen molar-refractivity contribution in [3.63, 3.8) is 0 Å². The molecule has 1 aromatic heterocycles. The van der Waals surface area contributed by atoms with Crippen molar-refractivity contribution in [3.05, 3.63) is 24.2 Å². The number of hydrogen-bond donors (Lipinski definition) is 1. The first kappa shape index (κ1) is 10.3. The molecule has 0 radical (unpaired) electrons. The maximum Gasteiger partial charge on any atom is 0.117 e. The summed E-state index contributed by atoms with van der Waals surface area (Å²) >= 11 is 0. The SMILES string of the molecule is CNCCCN(C)Cc1ccco1. The zero-order valence-electron chi connectivity index (χ0n) is 8.42. The number of nitrogens with zero attached hydrogens (tertiary/aromatic N) is 1. The maximum absolute atomic E-state index is 5.25. The van der Waals surface area contributed by atoms with E-state index in [2.05, 4.69) is 17.3 Å². The van der Waals surface area contributed by atoms with Crippen molar-refractivity contribution < 1.29 is 4.42 Å². The van der Waals surface area contributed by atoms with Gasteiger partial charge in [0.2, 0.25) is 0 Å². The third-order valence-electron chi connectivity index (χ3n) is 1.97. The Kier molecular flexibility index (Phi) is 4.57.